The molecule has 0 aliphatic carbocycles. The van der Waals surface area contributed by atoms with Crippen LogP contribution in [-0.2, 0) is 51.2 Å². The van der Waals surface area contributed by atoms with E-state index in [1.165, 1.54) is 0 Å². The Morgan fingerprint density at radius 3 is 1.23 bits per heavy atom. The maximum atomic E-state index is 14.9. The average Bonchev–Trinajstić information content (AvgIpc) is 4.05. The van der Waals surface area contributed by atoms with Crippen molar-refractivity contribution in [1.82, 2.24) is 47.2 Å². The molecular weight excluding hydrogens is 1000 g/mol. The van der Waals surface area contributed by atoms with Gasteiger partial charge >= 0.3 is 5.97 Å². The molecule has 4 rings (SSSR count). The lowest BCUT2D eigenvalue weighted by Crippen LogP contribution is -2.61. The monoisotopic (exact) mass is 1090 g/mol. The summed E-state index contributed by atoms with van der Waals surface area (Å²) in [6.07, 6.45) is 6.89. The Labute approximate surface area is 456 Å². The van der Waals surface area contributed by atoms with E-state index < -0.39 is 102 Å². The molecular formula is C55H85N13O10. The minimum atomic E-state index is -1.46. The van der Waals surface area contributed by atoms with E-state index in [0.717, 1.165) is 21.8 Å². The van der Waals surface area contributed by atoms with Gasteiger partial charge in [0, 0.05) is 47.0 Å². The van der Waals surface area contributed by atoms with Crippen LogP contribution in [0.5, 0.6) is 0 Å². The third-order valence-corrected chi connectivity index (χ3v) is 13.4. The molecule has 0 aliphatic heterocycles. The van der Waals surface area contributed by atoms with E-state index in [1.807, 2.05) is 76.2 Å². The molecule has 4 aromatic rings. The normalized spacial score (nSPS) is 14.6. The number of rotatable bonds is 36. The summed E-state index contributed by atoms with van der Waals surface area (Å²) in [4.78, 5) is 118. The number of para-hydroxylation sites is 2. The Hall–Kier alpha value is -6.92. The van der Waals surface area contributed by atoms with Crippen molar-refractivity contribution in [2.75, 3.05) is 26.2 Å². The summed E-state index contributed by atoms with van der Waals surface area (Å²) >= 11 is 0. The molecule has 2 heterocycles. The number of aliphatic carboxylic acids is 1. The quantitative estimate of drug-likeness (QED) is 0.0279. The van der Waals surface area contributed by atoms with Crippen molar-refractivity contribution in [1.29, 1.82) is 0 Å². The van der Waals surface area contributed by atoms with E-state index in [4.69, 9.17) is 22.9 Å². The standard InChI is InChI=1S/C55H85N13O10/c1-32(2)25-43(51(73)66-45(53(75)67-46(55(77)78)26-33(3)4)28-35-30-61-40-19-8-6-16-37(35)40)64-52(74)44(27-34-29-60-39-18-7-5-15-36(34)39)65-50(72)42(21-11-14-24-58)62-49(71)41(20-10-13-23-57)63-54(76)47(31-69)68-48(70)38(59)17-9-12-22-56/h5-8,15-16,18-19,29-30,32-33,38,41-47,60-61,69H,9-14,17,20-28,31,56-59H2,1-4H3,(H,62,71)(H,63,76)(H,64,74)(H,65,72)(H,66,73)(H,67,75)(H,68,70)(H,77,78)/t38-,41-,42-,43-,44-,45-,46-,47-/m0/s1. The molecule has 0 spiro atoms. The smallest absolute Gasteiger partial charge is 0.326 e. The largest absolute Gasteiger partial charge is 0.480 e. The van der Waals surface area contributed by atoms with Crippen LogP contribution in [0.4, 0.5) is 0 Å². The van der Waals surface area contributed by atoms with Crippen molar-refractivity contribution in [2.24, 2.45) is 34.8 Å². The number of aliphatic hydroxyl groups excluding tert-OH is 1. The van der Waals surface area contributed by atoms with Gasteiger partial charge in [0.25, 0.3) is 0 Å². The highest BCUT2D eigenvalue weighted by Crippen LogP contribution is 2.22. The van der Waals surface area contributed by atoms with Crippen molar-refractivity contribution < 1.29 is 48.6 Å². The first-order valence-electron chi connectivity index (χ1n) is 27.2. The third-order valence-electron chi connectivity index (χ3n) is 13.4. The van der Waals surface area contributed by atoms with E-state index in [-0.39, 0.29) is 63.5 Å². The van der Waals surface area contributed by atoms with E-state index in [0.29, 0.717) is 62.6 Å². The number of carbonyl (C=O) groups is 8. The Morgan fingerprint density at radius 1 is 0.462 bits per heavy atom. The van der Waals surface area contributed by atoms with Gasteiger partial charge in [-0.2, -0.15) is 0 Å². The van der Waals surface area contributed by atoms with E-state index in [9.17, 15) is 48.6 Å². The number of H-pyrrole nitrogens is 2. The van der Waals surface area contributed by atoms with Crippen molar-refractivity contribution in [2.45, 2.75) is 160 Å². The Balaban J connectivity index is 1.65. The first-order chi connectivity index (χ1) is 37.3. The number of fused-ring (bicyclic) bond motifs is 2. The topological polar surface area (TPSA) is 397 Å². The zero-order chi connectivity index (χ0) is 57.3. The van der Waals surface area contributed by atoms with Crippen molar-refractivity contribution >= 4 is 69.1 Å². The highest BCUT2D eigenvalue weighted by molar-refractivity contribution is 5.98. The van der Waals surface area contributed by atoms with Crippen LogP contribution in [0.15, 0.2) is 60.9 Å². The Kier molecular flexibility index (Phi) is 26.7. The maximum absolute atomic E-state index is 14.9. The number of carboxylic acids is 1. The molecule has 0 saturated carbocycles. The van der Waals surface area contributed by atoms with E-state index in [2.05, 4.69) is 47.2 Å². The fourth-order valence-electron chi connectivity index (χ4n) is 9.12. The van der Waals surface area contributed by atoms with Crippen LogP contribution in [-0.4, -0.2) is 142 Å². The molecule has 0 fully saturated rings. The average molecular weight is 1090 g/mol. The van der Waals surface area contributed by atoms with E-state index >= 15 is 0 Å². The van der Waals surface area contributed by atoms with Gasteiger partial charge in [-0.1, -0.05) is 70.5 Å². The van der Waals surface area contributed by atoms with Gasteiger partial charge in [0.1, 0.15) is 42.3 Å². The summed E-state index contributed by atoms with van der Waals surface area (Å²) in [5, 5.41) is 40.7. The lowest BCUT2D eigenvalue weighted by atomic mass is 9.98. The number of carboxylic acid groups (broad SMARTS) is 1. The first kappa shape index (κ1) is 63.6. The van der Waals surface area contributed by atoms with Crippen LogP contribution in [0.3, 0.4) is 0 Å². The molecule has 0 saturated heterocycles. The summed E-state index contributed by atoms with van der Waals surface area (Å²) in [5.41, 5.74) is 26.1. The number of aromatic amines is 2. The number of aromatic nitrogens is 2. The fraction of sp³-hybridized carbons (Fsp3) is 0.564. The zero-order valence-corrected chi connectivity index (χ0v) is 45.5. The molecule has 23 heteroatoms. The SMILES string of the molecule is CC(C)C[C@H](NC(=O)[C@H](Cc1c[nH]c2ccccc12)NC(=O)[C@H](CC(C)C)NC(=O)[C@H](Cc1c[nH]c2ccccc12)NC(=O)[C@H](CCCCN)NC(=O)[C@H](CCCCN)NC(=O)[C@H](CO)NC(=O)[C@@H](N)CCCCN)C(=O)O. The Bertz CT molecular complexity index is 2580. The van der Waals surface area contributed by atoms with Crippen molar-refractivity contribution in [3.05, 3.63) is 72.1 Å². The molecule has 23 nitrogen and oxygen atoms in total. The Morgan fingerprint density at radius 2 is 0.808 bits per heavy atom. The predicted molar refractivity (Wildman–Crippen MR) is 298 cm³/mol. The van der Waals surface area contributed by atoms with Crippen LogP contribution in [0, 0.1) is 11.8 Å². The van der Waals surface area contributed by atoms with E-state index in [1.54, 1.807) is 12.4 Å². The second kappa shape index (κ2) is 32.7. The number of unbranched alkanes of at least 4 members (excludes halogenated alkanes) is 3. The van der Waals surface area contributed by atoms with Crippen molar-refractivity contribution in [3.63, 3.8) is 0 Å². The number of benzene rings is 2. The predicted octanol–water partition coefficient (Wildman–Crippen LogP) is 0.711. The van der Waals surface area contributed by atoms with Gasteiger partial charge < -0.3 is 80.3 Å². The summed E-state index contributed by atoms with van der Waals surface area (Å²) in [7, 11) is 0. The summed E-state index contributed by atoms with van der Waals surface area (Å²) in [5.74, 6) is -6.78. The van der Waals surface area contributed by atoms with Crippen molar-refractivity contribution in [3.8, 4) is 0 Å². The number of nitrogens with two attached hydrogens (primary N) is 4. The van der Waals surface area contributed by atoms with Crippen LogP contribution < -0.4 is 60.2 Å². The molecule has 2 aromatic carbocycles. The van der Waals surface area contributed by atoms with Gasteiger partial charge in [-0.15, -0.1) is 0 Å². The summed E-state index contributed by atoms with van der Waals surface area (Å²) < 4.78 is 0. The van der Waals surface area contributed by atoms with Gasteiger partial charge in [0.15, 0.2) is 0 Å². The summed E-state index contributed by atoms with van der Waals surface area (Å²) in [6, 6.07) is 4.62. The lowest BCUT2D eigenvalue weighted by Gasteiger charge is -2.28. The summed E-state index contributed by atoms with van der Waals surface area (Å²) in [6.45, 7) is 7.52. The number of amides is 7. The fourth-order valence-corrected chi connectivity index (χ4v) is 9.12. The minimum Gasteiger partial charge on any atom is -0.480 e. The molecule has 19 N–H and O–H groups in total. The molecule has 430 valence electrons. The number of carbonyl (C=O) groups excluding carboxylic acids is 7. The van der Waals surface area contributed by atoms with Crippen LogP contribution in [0.1, 0.15) is 109 Å². The maximum Gasteiger partial charge on any atom is 0.326 e. The number of aliphatic hydroxyl groups is 1. The van der Waals surface area contributed by atoms with Gasteiger partial charge in [0.05, 0.1) is 12.6 Å². The number of nitrogens with one attached hydrogen (secondary N) is 9. The molecule has 78 heavy (non-hydrogen) atoms. The molecule has 2 aromatic heterocycles. The minimum absolute atomic E-state index is 0.0325. The molecule has 0 bridgehead atoms. The van der Waals surface area contributed by atoms with Crippen LogP contribution in [0.25, 0.3) is 21.8 Å². The van der Waals surface area contributed by atoms with Gasteiger partial charge in [-0.25, -0.2) is 4.79 Å². The molecule has 0 aliphatic rings. The van der Waals surface area contributed by atoms with Crippen LogP contribution in [0.2, 0.25) is 0 Å². The second-order valence-corrected chi connectivity index (χ2v) is 20.8. The third kappa shape index (κ3) is 20.1. The lowest BCUT2D eigenvalue weighted by molar-refractivity contribution is -0.142. The number of hydrogen-bond donors (Lipinski definition) is 15. The zero-order valence-electron chi connectivity index (χ0n) is 45.5. The molecule has 0 unspecified atom stereocenters. The first-order valence-corrected chi connectivity index (χ1v) is 27.2. The van der Waals surface area contributed by atoms with Gasteiger partial charge in [-0.3, -0.25) is 33.6 Å². The number of hydrogen-bond acceptors (Lipinski definition) is 13. The molecule has 0 radical (unpaired) electrons. The highest BCUT2D eigenvalue weighted by Gasteiger charge is 2.35. The second-order valence-electron chi connectivity index (χ2n) is 20.8. The molecule has 7 amide bonds. The van der Waals surface area contributed by atoms with Gasteiger partial charge in [-0.05, 0) is 119 Å². The highest BCUT2D eigenvalue weighted by atomic mass is 16.4. The van der Waals surface area contributed by atoms with Gasteiger partial charge in [0.2, 0.25) is 41.4 Å². The van der Waals surface area contributed by atoms with Crippen LogP contribution >= 0.6 is 0 Å². The molecule has 8 atom stereocenters.